The first-order chi connectivity index (χ1) is 18.2. The molecule has 4 aliphatic rings. The molecule has 6 atom stereocenters. The topological polar surface area (TPSA) is 114 Å². The molecular formula is C29H37F2N5O3. The molecule has 0 radical (unpaired) electrons. The van der Waals surface area contributed by atoms with E-state index < -0.39 is 41.1 Å². The Balaban J connectivity index is 1.34. The molecular weight excluding hydrogens is 504 g/mol. The fourth-order valence-electron chi connectivity index (χ4n) is 6.72. The third-order valence-corrected chi connectivity index (χ3v) is 9.35. The number of nitriles is 1. The molecule has 0 aromatic heterocycles. The Bertz CT molecular complexity index is 1250. The van der Waals surface area contributed by atoms with Crippen molar-refractivity contribution in [1.82, 2.24) is 15.5 Å². The fourth-order valence-corrected chi connectivity index (χ4v) is 6.72. The summed E-state index contributed by atoms with van der Waals surface area (Å²) in [6.45, 7) is 10.0. The molecule has 1 aromatic carbocycles. The fraction of sp³-hybridized carbons (Fsp3) is 0.655. The van der Waals surface area contributed by atoms with Crippen molar-refractivity contribution in [2.24, 2.45) is 28.6 Å². The molecule has 2 aliphatic heterocycles. The summed E-state index contributed by atoms with van der Waals surface area (Å²) < 4.78 is 28.0. The number of nitrogens with zero attached hydrogens (tertiary/aromatic N) is 2. The van der Waals surface area contributed by atoms with Crippen molar-refractivity contribution in [3.8, 4) is 6.07 Å². The smallest absolute Gasteiger partial charge is 0.246 e. The van der Waals surface area contributed by atoms with Crippen molar-refractivity contribution in [2.75, 3.05) is 11.9 Å². The van der Waals surface area contributed by atoms with E-state index in [-0.39, 0.29) is 52.6 Å². The number of piperidine rings is 1. The number of fused-ring (bicyclic) bond motifs is 1. The Kier molecular flexibility index (Phi) is 6.43. The molecule has 2 aliphatic carbocycles. The molecule has 3 amide bonds. The van der Waals surface area contributed by atoms with Gasteiger partial charge >= 0.3 is 0 Å². The van der Waals surface area contributed by atoms with Crippen LogP contribution in [0.5, 0.6) is 0 Å². The van der Waals surface area contributed by atoms with Gasteiger partial charge in [0.1, 0.15) is 29.8 Å². The Morgan fingerprint density at radius 2 is 1.95 bits per heavy atom. The molecule has 3 N–H and O–H groups in total. The largest absolute Gasteiger partial charge is 0.371 e. The monoisotopic (exact) mass is 541 g/mol. The Morgan fingerprint density at radius 1 is 1.26 bits per heavy atom. The van der Waals surface area contributed by atoms with Gasteiger partial charge in [0.15, 0.2) is 0 Å². The number of amides is 3. The van der Waals surface area contributed by atoms with Crippen LogP contribution in [0.1, 0.15) is 60.3 Å². The van der Waals surface area contributed by atoms with E-state index in [0.717, 1.165) is 25.0 Å². The highest BCUT2D eigenvalue weighted by Crippen LogP contribution is 2.65. The van der Waals surface area contributed by atoms with Gasteiger partial charge < -0.3 is 20.9 Å². The molecule has 8 nitrogen and oxygen atoms in total. The van der Waals surface area contributed by atoms with Crippen LogP contribution in [0.15, 0.2) is 18.2 Å². The second-order valence-corrected chi connectivity index (χ2v) is 13.6. The molecule has 5 rings (SSSR count). The number of halogens is 2. The van der Waals surface area contributed by atoms with Crippen molar-refractivity contribution >= 4 is 23.4 Å². The average Bonchev–Trinajstić information content (AvgIpc) is 3.56. The van der Waals surface area contributed by atoms with E-state index in [4.69, 9.17) is 0 Å². The lowest BCUT2D eigenvalue weighted by atomic mass is 9.85. The van der Waals surface area contributed by atoms with E-state index >= 15 is 0 Å². The van der Waals surface area contributed by atoms with Crippen molar-refractivity contribution in [1.29, 1.82) is 5.26 Å². The Hall–Kier alpha value is -3.22. The molecule has 210 valence electrons. The minimum Gasteiger partial charge on any atom is -0.371 e. The van der Waals surface area contributed by atoms with Crippen LogP contribution < -0.4 is 16.0 Å². The van der Waals surface area contributed by atoms with Gasteiger partial charge in [-0.15, -0.1) is 0 Å². The summed E-state index contributed by atoms with van der Waals surface area (Å²) in [7, 11) is 0. The summed E-state index contributed by atoms with van der Waals surface area (Å²) in [5, 5.41) is 18.6. The first-order valence-electron chi connectivity index (χ1n) is 13.7. The molecule has 2 saturated carbocycles. The minimum atomic E-state index is -0.892. The van der Waals surface area contributed by atoms with Crippen molar-refractivity contribution < 1.29 is 23.2 Å². The Morgan fingerprint density at radius 3 is 2.51 bits per heavy atom. The molecule has 4 fully saturated rings. The van der Waals surface area contributed by atoms with Crippen LogP contribution in [0, 0.1) is 51.5 Å². The summed E-state index contributed by atoms with van der Waals surface area (Å²) in [6.07, 6.45) is 2.79. The lowest BCUT2D eigenvalue weighted by Crippen LogP contribution is -2.57. The minimum absolute atomic E-state index is 0.00295. The predicted molar refractivity (Wildman–Crippen MR) is 140 cm³/mol. The number of nitrogens with one attached hydrogen (secondary N) is 3. The van der Waals surface area contributed by atoms with Crippen LogP contribution in [0.3, 0.4) is 0 Å². The van der Waals surface area contributed by atoms with E-state index in [0.29, 0.717) is 13.0 Å². The maximum Gasteiger partial charge on any atom is 0.246 e. The standard InChI is InChI=1S/C29H37F2N5O3/c1-27(2,3)23(34-20-7-6-16(30)11-19(20)31)26(39)36-14-18-21(28(18,4)5)22(36)25(38)33-17(13-32)10-15-12-29(8-9-29)35-24(15)37/h6-7,11,15,17-18,21-23,34H,8-10,12,14H2,1-5H3,(H,33,38)(H,35,37)/t15-,17+,18+,21+,22+,23-/m1/s1. The highest BCUT2D eigenvalue weighted by atomic mass is 19.1. The lowest BCUT2D eigenvalue weighted by Gasteiger charge is -2.38. The summed E-state index contributed by atoms with van der Waals surface area (Å²) in [5.41, 5.74) is -0.920. The molecule has 0 unspecified atom stereocenters. The first kappa shape index (κ1) is 27.4. The maximum absolute atomic E-state index is 14.5. The van der Waals surface area contributed by atoms with Gasteiger partial charge in [-0.3, -0.25) is 14.4 Å². The highest BCUT2D eigenvalue weighted by molar-refractivity contribution is 5.93. The third-order valence-electron chi connectivity index (χ3n) is 9.35. The van der Waals surface area contributed by atoms with Crippen molar-refractivity contribution in [3.63, 3.8) is 0 Å². The second kappa shape index (κ2) is 9.17. The summed E-state index contributed by atoms with van der Waals surface area (Å²) in [5.74, 6) is -2.65. The summed E-state index contributed by atoms with van der Waals surface area (Å²) in [6, 6.07) is 2.74. The Labute approximate surface area is 227 Å². The van der Waals surface area contributed by atoms with Gasteiger partial charge in [-0.25, -0.2) is 8.78 Å². The molecule has 39 heavy (non-hydrogen) atoms. The van der Waals surface area contributed by atoms with Gasteiger partial charge in [0, 0.05) is 24.1 Å². The number of benzene rings is 1. The lowest BCUT2D eigenvalue weighted by molar-refractivity contribution is -0.142. The SMILES string of the molecule is CC(C)(C)[C@H](Nc1ccc(F)cc1F)C(=O)N1C[C@H]2[C@@H]([C@H]1C(=O)N[C@H](C#N)C[C@@H]1CC3(CC3)NC1=O)C2(C)C. The van der Waals surface area contributed by atoms with E-state index in [1.54, 1.807) is 4.90 Å². The van der Waals surface area contributed by atoms with Crippen LogP contribution in [-0.4, -0.2) is 52.8 Å². The van der Waals surface area contributed by atoms with Gasteiger partial charge in [-0.2, -0.15) is 5.26 Å². The zero-order chi connectivity index (χ0) is 28.5. The quantitative estimate of drug-likeness (QED) is 0.490. The number of hydrogen-bond donors (Lipinski definition) is 3. The number of carbonyl (C=O) groups is 3. The van der Waals surface area contributed by atoms with E-state index in [9.17, 15) is 28.4 Å². The zero-order valence-electron chi connectivity index (χ0n) is 23.1. The van der Waals surface area contributed by atoms with Gasteiger partial charge in [0.05, 0.1) is 11.8 Å². The molecule has 1 aromatic rings. The number of likely N-dealkylation sites (tertiary alicyclic amines) is 1. The van der Waals surface area contributed by atoms with Crippen molar-refractivity contribution in [3.05, 3.63) is 29.8 Å². The van der Waals surface area contributed by atoms with Gasteiger partial charge in [0.2, 0.25) is 17.7 Å². The normalized spacial score (nSPS) is 29.2. The average molecular weight is 542 g/mol. The predicted octanol–water partition coefficient (Wildman–Crippen LogP) is 3.34. The molecule has 1 spiro atoms. The summed E-state index contributed by atoms with van der Waals surface area (Å²) in [4.78, 5) is 41.7. The highest BCUT2D eigenvalue weighted by Gasteiger charge is 2.69. The van der Waals surface area contributed by atoms with Gasteiger partial charge in [0.25, 0.3) is 0 Å². The molecule has 2 heterocycles. The van der Waals surface area contributed by atoms with E-state index in [2.05, 4.69) is 35.9 Å². The van der Waals surface area contributed by atoms with E-state index in [1.165, 1.54) is 6.07 Å². The van der Waals surface area contributed by atoms with E-state index in [1.807, 2.05) is 20.8 Å². The summed E-state index contributed by atoms with van der Waals surface area (Å²) >= 11 is 0. The first-order valence-corrected chi connectivity index (χ1v) is 13.7. The number of rotatable bonds is 7. The van der Waals surface area contributed by atoms with Crippen LogP contribution in [0.2, 0.25) is 0 Å². The van der Waals surface area contributed by atoms with Gasteiger partial charge in [-0.05, 0) is 60.5 Å². The molecule has 2 saturated heterocycles. The van der Waals surface area contributed by atoms with Crippen molar-refractivity contribution in [2.45, 2.75) is 84.0 Å². The molecule has 0 bridgehead atoms. The third kappa shape index (κ3) is 4.96. The zero-order valence-corrected chi connectivity index (χ0v) is 23.1. The number of carbonyl (C=O) groups excluding carboxylic acids is 3. The number of hydrogen-bond acceptors (Lipinski definition) is 5. The molecule has 10 heteroatoms. The van der Waals surface area contributed by atoms with Crippen LogP contribution in [0.4, 0.5) is 14.5 Å². The van der Waals surface area contributed by atoms with Crippen LogP contribution in [-0.2, 0) is 14.4 Å². The van der Waals surface area contributed by atoms with Gasteiger partial charge in [-0.1, -0.05) is 34.6 Å². The van der Waals surface area contributed by atoms with Crippen LogP contribution >= 0.6 is 0 Å². The van der Waals surface area contributed by atoms with Crippen LogP contribution in [0.25, 0.3) is 0 Å². The second-order valence-electron chi connectivity index (χ2n) is 13.6. The number of anilines is 1. The maximum atomic E-state index is 14.5.